The predicted molar refractivity (Wildman–Crippen MR) is 85.8 cm³/mol. The van der Waals surface area contributed by atoms with Crippen molar-refractivity contribution in [3.63, 3.8) is 0 Å². The van der Waals surface area contributed by atoms with Crippen molar-refractivity contribution >= 4 is 6.21 Å². The van der Waals surface area contributed by atoms with E-state index in [1.165, 1.54) is 24.8 Å². The van der Waals surface area contributed by atoms with Crippen molar-refractivity contribution in [2.45, 2.75) is 44.2 Å². The molecule has 4 nitrogen and oxygen atoms in total. The molecule has 116 valence electrons. The zero-order chi connectivity index (χ0) is 15.4. The molecular weight excluding hydrogens is 274 g/mol. The van der Waals surface area contributed by atoms with E-state index in [1.54, 1.807) is 7.11 Å². The monoisotopic (exact) mass is 297 g/mol. The lowest BCUT2D eigenvalue weighted by Crippen LogP contribution is -2.47. The van der Waals surface area contributed by atoms with Gasteiger partial charge in [-0.1, -0.05) is 55.8 Å². The molecule has 0 aromatic heterocycles. The fourth-order valence-corrected chi connectivity index (χ4v) is 5.52. The number of oxime groups is 1. The molecule has 0 radical (unpaired) electrons. The van der Waals surface area contributed by atoms with Crippen LogP contribution < -0.4 is 0 Å². The number of hydrogen-bond donors (Lipinski definition) is 0. The Bertz CT molecular complexity index is 639. The van der Waals surface area contributed by atoms with Gasteiger partial charge in [0.05, 0.1) is 6.21 Å². The summed E-state index contributed by atoms with van der Waals surface area (Å²) in [5.74, 6) is 1.06. The third kappa shape index (κ3) is 1.32. The molecule has 2 saturated carbocycles. The summed E-state index contributed by atoms with van der Waals surface area (Å²) in [5, 5.41) is 13.8. The fraction of sp³-hybridized carbons (Fsp3) is 0.611. The molecule has 22 heavy (non-hydrogen) atoms. The zero-order valence-electron chi connectivity index (χ0n) is 13.5. The molecule has 3 aliphatic rings. The van der Waals surface area contributed by atoms with Gasteiger partial charge in [-0.3, -0.25) is 0 Å². The van der Waals surface area contributed by atoms with Crippen LogP contribution in [0, 0.1) is 17.3 Å². The van der Waals surface area contributed by atoms with Gasteiger partial charge >= 0.3 is 0 Å². The third-order valence-corrected chi connectivity index (χ3v) is 6.51. The summed E-state index contributed by atoms with van der Waals surface area (Å²) in [5.41, 5.74) is 0.639. The SMILES string of the molecule is CO/N=C/[C@@]12N=N[C@@](c3ccccc3)([C@H]3CCC[C@H]31)C2(C)C. The Morgan fingerprint density at radius 2 is 1.86 bits per heavy atom. The van der Waals surface area contributed by atoms with Crippen LogP contribution in [0.5, 0.6) is 0 Å². The first-order chi connectivity index (χ1) is 10.6. The molecule has 1 aromatic rings. The highest BCUT2D eigenvalue weighted by Crippen LogP contribution is 2.73. The number of hydrogen-bond acceptors (Lipinski definition) is 4. The van der Waals surface area contributed by atoms with Crippen molar-refractivity contribution in [3.8, 4) is 0 Å². The summed E-state index contributed by atoms with van der Waals surface area (Å²) in [6.07, 6.45) is 5.62. The average molecular weight is 297 g/mol. The first kappa shape index (κ1) is 13.9. The van der Waals surface area contributed by atoms with E-state index in [9.17, 15) is 0 Å². The normalized spacial score (nSPS) is 41.2. The van der Waals surface area contributed by atoms with Crippen LogP contribution in [0.15, 0.2) is 45.7 Å². The van der Waals surface area contributed by atoms with Crippen molar-refractivity contribution in [2.24, 2.45) is 32.6 Å². The lowest BCUT2D eigenvalue weighted by atomic mass is 9.63. The largest absolute Gasteiger partial charge is 0.399 e. The average Bonchev–Trinajstić information content (AvgIpc) is 3.14. The van der Waals surface area contributed by atoms with Crippen molar-refractivity contribution in [1.82, 2.24) is 0 Å². The number of fused-ring (bicyclic) bond motifs is 5. The van der Waals surface area contributed by atoms with Crippen molar-refractivity contribution in [1.29, 1.82) is 0 Å². The maximum Gasteiger partial charge on any atom is 0.131 e. The smallest absolute Gasteiger partial charge is 0.131 e. The molecule has 2 bridgehead atoms. The molecule has 4 rings (SSSR count). The van der Waals surface area contributed by atoms with Crippen LogP contribution in [-0.2, 0) is 10.4 Å². The summed E-state index contributed by atoms with van der Waals surface area (Å²) >= 11 is 0. The van der Waals surface area contributed by atoms with Crippen LogP contribution in [0.4, 0.5) is 0 Å². The second-order valence-corrected chi connectivity index (χ2v) is 7.34. The molecule has 1 heterocycles. The summed E-state index contributed by atoms with van der Waals surface area (Å²) in [7, 11) is 1.60. The van der Waals surface area contributed by atoms with Gasteiger partial charge in [-0.15, -0.1) is 0 Å². The fourth-order valence-electron chi connectivity index (χ4n) is 5.52. The summed E-state index contributed by atoms with van der Waals surface area (Å²) in [6.45, 7) is 4.61. The minimum absolute atomic E-state index is 0.0981. The van der Waals surface area contributed by atoms with Crippen molar-refractivity contribution in [2.75, 3.05) is 7.11 Å². The number of nitrogens with zero attached hydrogens (tertiary/aromatic N) is 3. The van der Waals surface area contributed by atoms with E-state index in [0.717, 1.165) is 0 Å². The Morgan fingerprint density at radius 1 is 1.14 bits per heavy atom. The second-order valence-electron chi connectivity index (χ2n) is 7.34. The van der Waals surface area contributed by atoms with E-state index >= 15 is 0 Å². The van der Waals surface area contributed by atoms with Crippen LogP contribution in [0.25, 0.3) is 0 Å². The molecule has 4 atom stereocenters. The third-order valence-electron chi connectivity index (χ3n) is 6.51. The predicted octanol–water partition coefficient (Wildman–Crippen LogP) is 4.17. The summed E-state index contributed by atoms with van der Waals surface area (Å²) in [6, 6.07) is 10.7. The topological polar surface area (TPSA) is 46.3 Å². The van der Waals surface area contributed by atoms with Gasteiger partial charge in [0.15, 0.2) is 0 Å². The van der Waals surface area contributed by atoms with Crippen LogP contribution in [0.1, 0.15) is 38.7 Å². The van der Waals surface area contributed by atoms with Crippen LogP contribution in [0.3, 0.4) is 0 Å². The van der Waals surface area contributed by atoms with Crippen LogP contribution in [-0.4, -0.2) is 18.9 Å². The van der Waals surface area contributed by atoms with Crippen LogP contribution >= 0.6 is 0 Å². The lowest BCUT2D eigenvalue weighted by Gasteiger charge is -2.40. The van der Waals surface area contributed by atoms with E-state index in [2.05, 4.69) is 49.3 Å². The highest BCUT2D eigenvalue weighted by Gasteiger charge is 2.77. The molecule has 1 aromatic carbocycles. The number of benzene rings is 1. The Kier molecular flexibility index (Phi) is 2.78. The Morgan fingerprint density at radius 3 is 2.59 bits per heavy atom. The number of rotatable bonds is 3. The van der Waals surface area contributed by atoms with Crippen molar-refractivity contribution in [3.05, 3.63) is 35.9 Å². The van der Waals surface area contributed by atoms with E-state index < -0.39 is 0 Å². The Balaban J connectivity index is 1.94. The lowest BCUT2D eigenvalue weighted by molar-refractivity contribution is 0.167. The van der Waals surface area contributed by atoms with E-state index in [-0.39, 0.29) is 16.5 Å². The minimum atomic E-state index is -0.333. The molecule has 2 aliphatic carbocycles. The first-order valence-corrected chi connectivity index (χ1v) is 8.17. The van der Waals surface area contributed by atoms with Gasteiger partial charge in [0.25, 0.3) is 0 Å². The molecule has 0 unspecified atom stereocenters. The first-order valence-electron chi connectivity index (χ1n) is 8.17. The highest BCUT2D eigenvalue weighted by atomic mass is 16.6. The molecule has 0 saturated heterocycles. The Hall–Kier alpha value is -1.71. The van der Waals surface area contributed by atoms with E-state index in [0.29, 0.717) is 11.8 Å². The van der Waals surface area contributed by atoms with Gasteiger partial charge in [0.2, 0.25) is 0 Å². The molecule has 0 N–H and O–H groups in total. The van der Waals surface area contributed by atoms with Gasteiger partial charge in [-0.05, 0) is 30.2 Å². The summed E-state index contributed by atoms with van der Waals surface area (Å²) in [4.78, 5) is 5.00. The van der Waals surface area contributed by atoms with Gasteiger partial charge in [-0.25, -0.2) is 0 Å². The van der Waals surface area contributed by atoms with Gasteiger partial charge in [0.1, 0.15) is 18.2 Å². The molecule has 0 spiro atoms. The van der Waals surface area contributed by atoms with Crippen LogP contribution in [0.2, 0.25) is 0 Å². The van der Waals surface area contributed by atoms with Gasteiger partial charge < -0.3 is 4.84 Å². The standard InChI is InChI=1S/C18H23N3O/c1-16(2)17(12-19-22-3)14-10-7-11-15(14)18(16,21-20-17)13-8-5-4-6-9-13/h4-6,8-9,12,14-15H,7,10-11H2,1-3H3/b19-12+/t14-,15+,17-,18+/m1/s1. The molecular formula is C18H23N3O. The second kappa shape index (κ2) is 4.40. The minimum Gasteiger partial charge on any atom is -0.399 e. The maximum absolute atomic E-state index is 5.00. The summed E-state index contributed by atoms with van der Waals surface area (Å²) < 4.78 is 0. The zero-order valence-corrected chi connectivity index (χ0v) is 13.5. The van der Waals surface area contributed by atoms with Gasteiger partial charge in [0, 0.05) is 5.41 Å². The molecule has 1 aliphatic heterocycles. The molecule has 4 heteroatoms. The van der Waals surface area contributed by atoms with Gasteiger partial charge in [-0.2, -0.15) is 10.2 Å². The van der Waals surface area contributed by atoms with E-state index in [1.807, 2.05) is 6.21 Å². The van der Waals surface area contributed by atoms with Crippen molar-refractivity contribution < 1.29 is 4.84 Å². The maximum atomic E-state index is 5.00. The molecule has 2 fully saturated rings. The molecule has 0 amide bonds. The Labute approximate surface area is 131 Å². The highest BCUT2D eigenvalue weighted by molar-refractivity contribution is 5.75. The quantitative estimate of drug-likeness (QED) is 0.610. The number of azo groups is 1. The van der Waals surface area contributed by atoms with E-state index in [4.69, 9.17) is 15.1 Å².